The Morgan fingerprint density at radius 1 is 1.19 bits per heavy atom. The fourth-order valence-corrected chi connectivity index (χ4v) is 1.84. The maximum Gasteiger partial charge on any atom is 0.196 e. The van der Waals surface area contributed by atoms with Crippen LogP contribution in [0.2, 0.25) is 0 Å². The van der Waals surface area contributed by atoms with Crippen LogP contribution in [0.5, 0.6) is 0 Å². The third kappa shape index (κ3) is 2.11. The first-order valence-corrected chi connectivity index (χ1v) is 5.67. The lowest BCUT2D eigenvalue weighted by atomic mass is 10.0. The molecule has 0 amide bonds. The highest BCUT2D eigenvalue weighted by Gasteiger charge is 2.15. The zero-order valence-electron chi connectivity index (χ0n) is 8.15. The third-order valence-corrected chi connectivity index (χ3v) is 2.97. The number of rotatable bonds is 2. The van der Waals surface area contributed by atoms with Crippen molar-refractivity contribution in [2.45, 2.75) is 0 Å². The van der Waals surface area contributed by atoms with Crippen LogP contribution < -0.4 is 0 Å². The first kappa shape index (κ1) is 11.2. The number of ketones is 1. The fourth-order valence-electron chi connectivity index (χ4n) is 1.34. The number of benzene rings is 1. The zero-order chi connectivity index (χ0) is 11.5. The summed E-state index contributed by atoms with van der Waals surface area (Å²) in [5.74, 6) is -0.789. The summed E-state index contributed by atoms with van der Waals surface area (Å²) < 4.78 is 14.1. The Morgan fingerprint density at radius 2 is 1.88 bits per heavy atom. The van der Waals surface area contributed by atoms with E-state index >= 15 is 0 Å². The lowest BCUT2D eigenvalue weighted by Gasteiger charge is -2.03. The minimum Gasteiger partial charge on any atom is -0.288 e. The first-order valence-electron chi connectivity index (χ1n) is 4.59. The zero-order valence-corrected chi connectivity index (χ0v) is 10.3. The Labute approximate surface area is 106 Å². The molecule has 1 aromatic carbocycles. The van der Waals surface area contributed by atoms with Crippen molar-refractivity contribution in [1.29, 1.82) is 0 Å². The average Bonchev–Trinajstić information content (AvgIpc) is 2.33. The number of carbonyl (C=O) groups excluding carboxylic acids is 1. The molecule has 0 saturated heterocycles. The van der Waals surface area contributed by atoms with E-state index < -0.39 is 5.82 Å². The predicted octanol–water partition coefficient (Wildman–Crippen LogP) is 3.06. The highest BCUT2D eigenvalue weighted by atomic mass is 127. The largest absolute Gasteiger partial charge is 0.288 e. The van der Waals surface area contributed by atoms with Gasteiger partial charge in [-0.1, -0.05) is 6.07 Å². The lowest BCUT2D eigenvalue weighted by molar-refractivity contribution is 0.103. The van der Waals surface area contributed by atoms with Gasteiger partial charge in [0, 0.05) is 21.5 Å². The van der Waals surface area contributed by atoms with Gasteiger partial charge >= 0.3 is 0 Å². The van der Waals surface area contributed by atoms with E-state index in [-0.39, 0.29) is 11.3 Å². The topological polar surface area (TPSA) is 30.0 Å². The van der Waals surface area contributed by atoms with E-state index in [1.165, 1.54) is 18.5 Å². The van der Waals surface area contributed by atoms with Gasteiger partial charge in [0.05, 0.1) is 5.56 Å². The van der Waals surface area contributed by atoms with Crippen molar-refractivity contribution < 1.29 is 9.18 Å². The van der Waals surface area contributed by atoms with Crippen LogP contribution in [-0.2, 0) is 0 Å². The summed E-state index contributed by atoms with van der Waals surface area (Å²) in [5.41, 5.74) is 0.536. The van der Waals surface area contributed by atoms with E-state index in [2.05, 4.69) is 4.98 Å². The van der Waals surface area contributed by atoms with E-state index in [0.29, 0.717) is 9.13 Å². The molecule has 0 fully saturated rings. The predicted molar refractivity (Wildman–Crippen MR) is 66.8 cm³/mol. The quantitative estimate of drug-likeness (QED) is 0.627. The molecule has 2 rings (SSSR count). The van der Waals surface area contributed by atoms with Gasteiger partial charge in [-0.2, -0.15) is 0 Å². The molecule has 2 nitrogen and oxygen atoms in total. The number of hydrogen-bond acceptors (Lipinski definition) is 2. The molecule has 0 N–H and O–H groups in total. The van der Waals surface area contributed by atoms with E-state index in [9.17, 15) is 9.18 Å². The van der Waals surface area contributed by atoms with Crippen molar-refractivity contribution in [2.24, 2.45) is 0 Å². The number of aromatic nitrogens is 1. The van der Waals surface area contributed by atoms with Crippen LogP contribution in [0.15, 0.2) is 42.7 Å². The van der Waals surface area contributed by atoms with Gasteiger partial charge in [-0.15, -0.1) is 0 Å². The van der Waals surface area contributed by atoms with Crippen molar-refractivity contribution in [1.82, 2.24) is 4.98 Å². The second kappa shape index (κ2) is 4.69. The molecule has 0 atom stereocenters. The highest BCUT2D eigenvalue weighted by Crippen LogP contribution is 2.18. The molecule has 4 heteroatoms. The number of hydrogen-bond donors (Lipinski definition) is 0. The van der Waals surface area contributed by atoms with Crippen LogP contribution in [-0.4, -0.2) is 10.8 Å². The maximum absolute atomic E-state index is 13.7. The Morgan fingerprint density at radius 3 is 2.56 bits per heavy atom. The molecule has 16 heavy (non-hydrogen) atoms. The van der Waals surface area contributed by atoms with Gasteiger partial charge in [0.1, 0.15) is 5.82 Å². The Bertz CT molecular complexity index is 528. The van der Waals surface area contributed by atoms with Crippen molar-refractivity contribution in [3.63, 3.8) is 0 Å². The number of halogens is 2. The molecule has 0 radical (unpaired) electrons. The lowest BCUT2D eigenvalue weighted by Crippen LogP contribution is -2.05. The second-order valence-electron chi connectivity index (χ2n) is 3.17. The van der Waals surface area contributed by atoms with E-state index in [1.807, 2.05) is 22.6 Å². The monoisotopic (exact) mass is 327 g/mol. The SMILES string of the molecule is O=C(c1ccncc1)c1cccc(I)c1F. The van der Waals surface area contributed by atoms with Crippen molar-refractivity contribution in [2.75, 3.05) is 0 Å². The second-order valence-corrected chi connectivity index (χ2v) is 4.33. The van der Waals surface area contributed by atoms with Crippen LogP contribution in [0.3, 0.4) is 0 Å². The number of pyridine rings is 1. The van der Waals surface area contributed by atoms with Crippen molar-refractivity contribution >= 4 is 28.4 Å². The number of carbonyl (C=O) groups is 1. The summed E-state index contributed by atoms with van der Waals surface area (Å²) in [6.07, 6.45) is 3.03. The Kier molecular flexibility index (Phi) is 3.28. The van der Waals surface area contributed by atoms with Gasteiger partial charge < -0.3 is 0 Å². The van der Waals surface area contributed by atoms with Gasteiger partial charge in [0.25, 0.3) is 0 Å². The fraction of sp³-hybridized carbons (Fsp3) is 0. The van der Waals surface area contributed by atoms with Crippen LogP contribution in [0.4, 0.5) is 4.39 Å². The van der Waals surface area contributed by atoms with Crippen molar-refractivity contribution in [3.8, 4) is 0 Å². The Hall–Kier alpha value is -1.30. The van der Waals surface area contributed by atoms with Crippen LogP contribution in [0.25, 0.3) is 0 Å². The molecule has 0 bridgehead atoms. The average molecular weight is 327 g/mol. The number of nitrogens with zero attached hydrogens (tertiary/aromatic N) is 1. The molecule has 1 heterocycles. The Balaban J connectivity index is 2.46. The summed E-state index contributed by atoms with van der Waals surface area (Å²) >= 11 is 1.86. The molecule has 0 aliphatic rings. The molecule has 0 saturated carbocycles. The first-order chi connectivity index (χ1) is 7.70. The molecule has 0 aliphatic heterocycles. The smallest absolute Gasteiger partial charge is 0.196 e. The summed E-state index contributed by atoms with van der Waals surface area (Å²) in [4.78, 5) is 15.8. The summed E-state index contributed by atoms with van der Waals surface area (Å²) in [7, 11) is 0. The summed E-state index contributed by atoms with van der Waals surface area (Å²) in [6, 6.07) is 7.92. The van der Waals surface area contributed by atoms with Gasteiger partial charge in [0.15, 0.2) is 5.78 Å². The molecule has 80 valence electrons. The molecule has 0 aliphatic carbocycles. The molecule has 2 aromatic rings. The molecule has 0 unspecified atom stereocenters. The molecule has 1 aromatic heterocycles. The minimum atomic E-state index is -0.468. The van der Waals surface area contributed by atoms with E-state index in [4.69, 9.17) is 0 Å². The van der Waals surface area contributed by atoms with E-state index in [0.717, 1.165) is 0 Å². The van der Waals surface area contributed by atoms with Crippen LogP contribution in [0.1, 0.15) is 15.9 Å². The summed E-state index contributed by atoms with van der Waals surface area (Å²) in [6.45, 7) is 0. The minimum absolute atomic E-state index is 0.0955. The highest BCUT2D eigenvalue weighted by molar-refractivity contribution is 14.1. The van der Waals surface area contributed by atoms with Crippen molar-refractivity contribution in [3.05, 3.63) is 63.2 Å². The van der Waals surface area contributed by atoms with Gasteiger partial charge in [0.2, 0.25) is 0 Å². The standard InChI is InChI=1S/C12H7FINO/c13-11-9(2-1-3-10(11)14)12(16)8-4-6-15-7-5-8/h1-7H. The van der Waals surface area contributed by atoms with E-state index in [1.54, 1.807) is 24.3 Å². The molecular weight excluding hydrogens is 320 g/mol. The third-order valence-electron chi connectivity index (χ3n) is 2.14. The molecule has 0 spiro atoms. The molecular formula is C12H7FINO. The van der Waals surface area contributed by atoms with Gasteiger partial charge in [-0.25, -0.2) is 4.39 Å². The van der Waals surface area contributed by atoms with Gasteiger partial charge in [-0.3, -0.25) is 9.78 Å². The maximum atomic E-state index is 13.7. The van der Waals surface area contributed by atoms with Crippen LogP contribution >= 0.6 is 22.6 Å². The van der Waals surface area contributed by atoms with Gasteiger partial charge in [-0.05, 0) is 46.9 Å². The summed E-state index contributed by atoms with van der Waals surface area (Å²) in [5, 5.41) is 0. The van der Waals surface area contributed by atoms with Crippen LogP contribution in [0, 0.1) is 9.39 Å². The normalized spacial score (nSPS) is 10.1.